The van der Waals surface area contributed by atoms with E-state index >= 15 is 0 Å². The number of nitrogen functional groups attached to an aromatic ring is 1. The molecule has 1 aliphatic heterocycles. The van der Waals surface area contributed by atoms with Crippen LogP contribution in [0.4, 0.5) is 11.8 Å². The molecule has 2 atom stereocenters. The second-order valence-electron chi connectivity index (χ2n) is 5.80. The topological polar surface area (TPSA) is 158 Å². The molecule has 11 nitrogen and oxygen atoms in total. The Labute approximate surface area is 135 Å². The average molecular weight is 336 g/mol. The van der Waals surface area contributed by atoms with E-state index in [9.17, 15) is 9.90 Å². The van der Waals surface area contributed by atoms with E-state index in [2.05, 4.69) is 20.3 Å². The summed E-state index contributed by atoms with van der Waals surface area (Å²) in [6, 6.07) is 0. The third-order valence-electron chi connectivity index (χ3n) is 4.15. The molecular weight excluding hydrogens is 320 g/mol. The lowest BCUT2D eigenvalue weighted by Crippen LogP contribution is -2.32. The van der Waals surface area contributed by atoms with E-state index in [1.54, 1.807) is 4.57 Å². The smallest absolute Gasteiger partial charge is 0.329 e. The fraction of sp³-hybridized carbons (Fsp3) is 0.538. The summed E-state index contributed by atoms with van der Waals surface area (Å²) in [7, 11) is 0. The van der Waals surface area contributed by atoms with Crippen molar-refractivity contribution >= 4 is 28.9 Å². The summed E-state index contributed by atoms with van der Waals surface area (Å²) in [4.78, 5) is 23.9. The number of nitrogens with one attached hydrogen (secondary N) is 1. The van der Waals surface area contributed by atoms with Crippen LogP contribution in [0.15, 0.2) is 6.33 Å². The predicted octanol–water partition coefficient (Wildman–Crippen LogP) is -0.699. The van der Waals surface area contributed by atoms with Crippen LogP contribution in [0.3, 0.4) is 0 Å². The van der Waals surface area contributed by atoms with Crippen molar-refractivity contribution < 1.29 is 24.5 Å². The normalized spacial score (nSPS) is 25.0. The first-order valence-electron chi connectivity index (χ1n) is 7.42. The molecule has 11 heteroatoms. The van der Waals surface area contributed by atoms with E-state index < -0.39 is 24.0 Å². The number of carboxylic acids is 1. The lowest BCUT2D eigenvalue weighted by Gasteiger charge is -2.14. The van der Waals surface area contributed by atoms with Gasteiger partial charge in [0, 0.05) is 0 Å². The number of aliphatic carboxylic acids is 1. The standard InChI is InChI=1S/C13H16N6O5/c14-12-16-9(18-13(1-2-13)11(21)22)8-10(17-12)19(5-15-8)6-4-23-7(3-20)24-6/h5-7,20H,1-4H2,(H,21,22)(H3,14,16,17,18)/t6?,7-/m1/s1. The van der Waals surface area contributed by atoms with Crippen molar-refractivity contribution in [3.8, 4) is 0 Å². The number of rotatable bonds is 5. The van der Waals surface area contributed by atoms with Gasteiger partial charge in [0.15, 0.2) is 29.5 Å². The second kappa shape index (κ2) is 5.26. The van der Waals surface area contributed by atoms with Crippen molar-refractivity contribution in [1.82, 2.24) is 19.5 Å². The van der Waals surface area contributed by atoms with E-state index in [4.69, 9.17) is 20.3 Å². The molecule has 0 amide bonds. The summed E-state index contributed by atoms with van der Waals surface area (Å²) < 4.78 is 12.4. The first-order valence-corrected chi connectivity index (χ1v) is 7.42. The Hall–Kier alpha value is -2.50. The molecule has 0 bridgehead atoms. The Morgan fingerprint density at radius 2 is 2.29 bits per heavy atom. The fourth-order valence-corrected chi connectivity index (χ4v) is 2.66. The van der Waals surface area contributed by atoms with Gasteiger partial charge in [-0.15, -0.1) is 0 Å². The van der Waals surface area contributed by atoms with Gasteiger partial charge in [-0.2, -0.15) is 9.97 Å². The van der Waals surface area contributed by atoms with Crippen LogP contribution in [0.5, 0.6) is 0 Å². The minimum Gasteiger partial charge on any atom is -0.480 e. The number of nitrogens with two attached hydrogens (primary N) is 1. The number of anilines is 2. The van der Waals surface area contributed by atoms with Crippen molar-refractivity contribution in [3.05, 3.63) is 6.33 Å². The van der Waals surface area contributed by atoms with Crippen molar-refractivity contribution in [2.24, 2.45) is 0 Å². The van der Waals surface area contributed by atoms with E-state index in [1.807, 2.05) is 0 Å². The largest absolute Gasteiger partial charge is 0.480 e. The molecule has 1 unspecified atom stereocenters. The minimum atomic E-state index is -1.02. The third-order valence-corrected chi connectivity index (χ3v) is 4.15. The van der Waals surface area contributed by atoms with Crippen LogP contribution in [0, 0.1) is 0 Å². The van der Waals surface area contributed by atoms with Gasteiger partial charge in [-0.25, -0.2) is 9.78 Å². The van der Waals surface area contributed by atoms with Gasteiger partial charge < -0.3 is 30.7 Å². The molecule has 0 aromatic carbocycles. The third kappa shape index (κ3) is 2.33. The van der Waals surface area contributed by atoms with E-state index in [0.29, 0.717) is 24.0 Å². The monoisotopic (exact) mass is 336 g/mol. The van der Waals surface area contributed by atoms with Gasteiger partial charge in [-0.05, 0) is 12.8 Å². The summed E-state index contributed by atoms with van der Waals surface area (Å²) in [5, 5.41) is 21.3. The molecule has 2 aromatic heterocycles. The highest BCUT2D eigenvalue weighted by molar-refractivity contribution is 5.91. The molecule has 0 spiro atoms. The van der Waals surface area contributed by atoms with Crippen molar-refractivity contribution in [2.75, 3.05) is 24.3 Å². The first kappa shape index (κ1) is 15.1. The zero-order chi connectivity index (χ0) is 16.9. The SMILES string of the molecule is Nc1nc(NC2(C(=O)O)CC2)c2ncn(C3CO[C@@H](CO)O3)c2n1. The number of aliphatic hydroxyl groups excluding tert-OH is 1. The van der Waals surface area contributed by atoms with Gasteiger partial charge in [0.05, 0.1) is 19.5 Å². The maximum absolute atomic E-state index is 11.4. The highest BCUT2D eigenvalue weighted by Gasteiger charge is 2.51. The molecule has 5 N–H and O–H groups in total. The van der Waals surface area contributed by atoms with Gasteiger partial charge in [0.25, 0.3) is 0 Å². The Balaban J connectivity index is 1.71. The Kier molecular flexibility index (Phi) is 3.30. The zero-order valence-corrected chi connectivity index (χ0v) is 12.5. The predicted molar refractivity (Wildman–Crippen MR) is 79.9 cm³/mol. The van der Waals surface area contributed by atoms with Gasteiger partial charge >= 0.3 is 5.97 Å². The Bertz CT molecular complexity index is 803. The molecule has 1 saturated carbocycles. The lowest BCUT2D eigenvalue weighted by atomic mass is 10.2. The van der Waals surface area contributed by atoms with E-state index in [1.165, 1.54) is 6.33 Å². The first-order chi connectivity index (χ1) is 11.5. The number of aromatic nitrogens is 4. The molecule has 128 valence electrons. The molecule has 1 saturated heterocycles. The minimum absolute atomic E-state index is 0.00874. The van der Waals surface area contributed by atoms with Crippen molar-refractivity contribution in [3.63, 3.8) is 0 Å². The molecule has 1 aliphatic carbocycles. The lowest BCUT2D eigenvalue weighted by molar-refractivity contribution is -0.138. The highest BCUT2D eigenvalue weighted by atomic mass is 16.7. The highest BCUT2D eigenvalue weighted by Crippen LogP contribution is 2.40. The van der Waals surface area contributed by atoms with Crippen LogP contribution < -0.4 is 11.1 Å². The number of carboxylic acid groups (broad SMARTS) is 1. The molecule has 2 aliphatic rings. The quantitative estimate of drug-likeness (QED) is 0.550. The molecule has 3 heterocycles. The number of imidazole rings is 1. The summed E-state index contributed by atoms with van der Waals surface area (Å²) in [5.74, 6) is -0.676. The molecule has 24 heavy (non-hydrogen) atoms. The summed E-state index contributed by atoms with van der Waals surface area (Å²) in [6.07, 6.45) is 1.30. The van der Waals surface area contributed by atoms with Crippen molar-refractivity contribution in [1.29, 1.82) is 0 Å². The van der Waals surface area contributed by atoms with E-state index in [-0.39, 0.29) is 25.0 Å². The van der Waals surface area contributed by atoms with Gasteiger partial charge in [0.1, 0.15) is 5.54 Å². The fourth-order valence-electron chi connectivity index (χ4n) is 2.66. The summed E-state index contributed by atoms with van der Waals surface area (Å²) >= 11 is 0. The summed E-state index contributed by atoms with van der Waals surface area (Å²) in [5.41, 5.74) is 5.53. The van der Waals surface area contributed by atoms with Crippen LogP contribution in [0.2, 0.25) is 0 Å². The summed E-state index contributed by atoms with van der Waals surface area (Å²) in [6.45, 7) is -0.0311. The van der Waals surface area contributed by atoms with Gasteiger partial charge in [-0.3, -0.25) is 4.57 Å². The Morgan fingerprint density at radius 3 is 2.92 bits per heavy atom. The molecule has 2 aromatic rings. The Morgan fingerprint density at radius 1 is 1.50 bits per heavy atom. The van der Waals surface area contributed by atoms with Crippen LogP contribution in [-0.4, -0.2) is 60.7 Å². The number of carbonyl (C=O) groups is 1. The molecule has 2 fully saturated rings. The van der Waals surface area contributed by atoms with E-state index in [0.717, 1.165) is 0 Å². The molecular formula is C13H16N6O5. The van der Waals surface area contributed by atoms with Crippen LogP contribution >= 0.6 is 0 Å². The number of nitrogens with zero attached hydrogens (tertiary/aromatic N) is 4. The van der Waals surface area contributed by atoms with Gasteiger partial charge in [0.2, 0.25) is 5.95 Å². The number of ether oxygens (including phenoxy) is 2. The molecule has 4 rings (SSSR count). The molecule has 0 radical (unpaired) electrons. The van der Waals surface area contributed by atoms with Gasteiger partial charge in [-0.1, -0.05) is 0 Å². The van der Waals surface area contributed by atoms with Crippen LogP contribution in [0.1, 0.15) is 19.1 Å². The second-order valence-corrected chi connectivity index (χ2v) is 5.80. The zero-order valence-electron chi connectivity index (χ0n) is 12.5. The number of hydrogen-bond donors (Lipinski definition) is 4. The van der Waals surface area contributed by atoms with Crippen LogP contribution in [-0.2, 0) is 14.3 Å². The number of hydrogen-bond acceptors (Lipinski definition) is 9. The maximum Gasteiger partial charge on any atom is 0.329 e. The number of aliphatic hydroxyl groups is 1. The maximum atomic E-state index is 11.4. The van der Waals surface area contributed by atoms with Crippen LogP contribution in [0.25, 0.3) is 11.2 Å². The average Bonchev–Trinajstić information content (AvgIpc) is 3.00. The number of fused-ring (bicyclic) bond motifs is 1. The van der Waals surface area contributed by atoms with Crippen molar-refractivity contribution in [2.45, 2.75) is 30.9 Å².